The highest BCUT2D eigenvalue weighted by atomic mass is 79.9. The Morgan fingerprint density at radius 2 is 1.85 bits per heavy atom. The van der Waals surface area contributed by atoms with E-state index in [1.807, 2.05) is 24.3 Å². The second-order valence-corrected chi connectivity index (χ2v) is 8.00. The van der Waals surface area contributed by atoms with Crippen LogP contribution in [0.1, 0.15) is 10.5 Å². The van der Waals surface area contributed by atoms with Gasteiger partial charge in [-0.1, -0.05) is 34.1 Å². The van der Waals surface area contributed by atoms with Crippen molar-refractivity contribution in [1.82, 2.24) is 20.3 Å². The molecule has 0 spiro atoms. The molecule has 0 bridgehead atoms. The molecule has 4 aromatic rings. The van der Waals surface area contributed by atoms with Gasteiger partial charge in [-0.2, -0.15) is 4.98 Å². The number of fused-ring (bicyclic) bond motifs is 1. The molecule has 0 aliphatic heterocycles. The van der Waals surface area contributed by atoms with E-state index in [2.05, 4.69) is 41.5 Å². The Morgan fingerprint density at radius 3 is 2.58 bits per heavy atom. The van der Waals surface area contributed by atoms with Gasteiger partial charge in [-0.25, -0.2) is 14.4 Å². The molecule has 33 heavy (non-hydrogen) atoms. The fraction of sp³-hybridized carbons (Fsp3) is 0.130. The number of aliphatic hydroxyl groups is 2. The molecule has 0 saturated heterocycles. The number of aliphatic hydroxyl groups excluding tert-OH is 2. The Hall–Kier alpha value is -3.47. The van der Waals surface area contributed by atoms with E-state index in [4.69, 9.17) is 5.11 Å². The number of rotatable bonds is 7. The Balaban J connectivity index is 1.76. The van der Waals surface area contributed by atoms with Crippen molar-refractivity contribution < 1.29 is 19.4 Å². The normalized spacial score (nSPS) is 11.9. The molecule has 0 aliphatic rings. The first kappa shape index (κ1) is 22.7. The fourth-order valence-electron chi connectivity index (χ4n) is 3.10. The van der Waals surface area contributed by atoms with Crippen molar-refractivity contribution in [1.29, 1.82) is 0 Å². The van der Waals surface area contributed by atoms with Crippen molar-refractivity contribution in [2.45, 2.75) is 6.10 Å². The highest BCUT2D eigenvalue weighted by Gasteiger charge is 2.19. The number of halogens is 2. The summed E-state index contributed by atoms with van der Waals surface area (Å²) in [5.74, 6) is -0.651. The minimum absolute atomic E-state index is 0.103. The Bertz CT molecular complexity index is 1300. The number of pyridine rings is 1. The van der Waals surface area contributed by atoms with Crippen LogP contribution in [0.4, 0.5) is 16.0 Å². The zero-order valence-electron chi connectivity index (χ0n) is 17.2. The average molecular weight is 512 g/mol. The van der Waals surface area contributed by atoms with Crippen LogP contribution in [0.25, 0.3) is 22.2 Å². The number of carbonyl (C=O) groups excluding carboxylic acids is 1. The van der Waals surface area contributed by atoms with Crippen LogP contribution in [0.5, 0.6) is 0 Å². The van der Waals surface area contributed by atoms with Gasteiger partial charge in [0.05, 0.1) is 12.7 Å². The topological polar surface area (TPSA) is 120 Å². The molecule has 4 rings (SSSR count). The van der Waals surface area contributed by atoms with Crippen LogP contribution in [0.15, 0.2) is 65.3 Å². The van der Waals surface area contributed by atoms with Gasteiger partial charge in [0.15, 0.2) is 5.65 Å². The third-order valence-corrected chi connectivity index (χ3v) is 5.45. The van der Waals surface area contributed by atoms with E-state index in [1.54, 1.807) is 24.4 Å². The molecule has 168 valence electrons. The van der Waals surface area contributed by atoms with Crippen molar-refractivity contribution in [3.63, 3.8) is 0 Å². The first-order chi connectivity index (χ1) is 15.9. The molecule has 0 fully saturated rings. The van der Waals surface area contributed by atoms with Gasteiger partial charge in [0.25, 0.3) is 5.91 Å². The van der Waals surface area contributed by atoms with Gasteiger partial charge in [-0.15, -0.1) is 0 Å². The molecule has 10 heteroatoms. The van der Waals surface area contributed by atoms with Crippen LogP contribution in [0.2, 0.25) is 0 Å². The maximum atomic E-state index is 13.2. The predicted octanol–water partition coefficient (Wildman–Crippen LogP) is 3.42. The molecule has 1 amide bonds. The lowest BCUT2D eigenvalue weighted by Crippen LogP contribution is -2.34. The van der Waals surface area contributed by atoms with Crippen molar-refractivity contribution >= 4 is 44.5 Å². The summed E-state index contributed by atoms with van der Waals surface area (Å²) in [6, 6.07) is 14.9. The number of carbonyl (C=O) groups is 1. The van der Waals surface area contributed by atoms with Crippen LogP contribution >= 0.6 is 15.9 Å². The number of aromatic nitrogens is 3. The Kier molecular flexibility index (Phi) is 6.87. The number of benzene rings is 2. The molecule has 0 aliphatic carbocycles. The monoisotopic (exact) mass is 511 g/mol. The van der Waals surface area contributed by atoms with Gasteiger partial charge in [-0.3, -0.25) is 4.79 Å². The summed E-state index contributed by atoms with van der Waals surface area (Å²) in [4.78, 5) is 26.1. The van der Waals surface area contributed by atoms with E-state index in [-0.39, 0.29) is 29.7 Å². The summed E-state index contributed by atoms with van der Waals surface area (Å²) in [5, 5.41) is 24.8. The fourth-order valence-corrected chi connectivity index (χ4v) is 3.60. The number of nitrogens with zero attached hydrogens (tertiary/aromatic N) is 3. The van der Waals surface area contributed by atoms with E-state index >= 15 is 0 Å². The molecule has 0 saturated carbocycles. The van der Waals surface area contributed by atoms with Gasteiger partial charge in [-0.05, 0) is 42.0 Å². The molecule has 1 atom stereocenters. The second-order valence-electron chi connectivity index (χ2n) is 7.15. The van der Waals surface area contributed by atoms with Crippen molar-refractivity contribution in [3.05, 3.63) is 76.8 Å². The minimum atomic E-state index is -1.09. The van der Waals surface area contributed by atoms with Gasteiger partial charge >= 0.3 is 0 Å². The molecule has 2 heterocycles. The number of hydrogen-bond acceptors (Lipinski definition) is 7. The maximum Gasteiger partial charge on any atom is 0.270 e. The SMILES string of the molecule is O=C(NCC(O)CO)c1nc2nc(Nc3ccc(F)cc3)ncc2cc1-c1ccccc1Br. The van der Waals surface area contributed by atoms with E-state index < -0.39 is 18.6 Å². The summed E-state index contributed by atoms with van der Waals surface area (Å²) < 4.78 is 13.9. The lowest BCUT2D eigenvalue weighted by atomic mass is 10.0. The first-order valence-electron chi connectivity index (χ1n) is 9.97. The van der Waals surface area contributed by atoms with Crippen LogP contribution in [0, 0.1) is 5.82 Å². The van der Waals surface area contributed by atoms with E-state index in [0.717, 1.165) is 10.0 Å². The highest BCUT2D eigenvalue weighted by Crippen LogP contribution is 2.32. The number of nitrogens with one attached hydrogen (secondary N) is 2. The number of amides is 1. The number of hydrogen-bond donors (Lipinski definition) is 4. The van der Waals surface area contributed by atoms with Gasteiger partial charge < -0.3 is 20.8 Å². The maximum absolute atomic E-state index is 13.2. The average Bonchev–Trinajstić information content (AvgIpc) is 2.83. The van der Waals surface area contributed by atoms with Gasteiger partial charge in [0.2, 0.25) is 5.95 Å². The van der Waals surface area contributed by atoms with Crippen molar-refractivity contribution in [2.75, 3.05) is 18.5 Å². The van der Waals surface area contributed by atoms with Crippen LogP contribution in [-0.2, 0) is 0 Å². The molecular weight excluding hydrogens is 493 g/mol. The molecule has 2 aromatic carbocycles. The zero-order valence-corrected chi connectivity index (χ0v) is 18.8. The Labute approximate surface area is 196 Å². The Morgan fingerprint density at radius 1 is 1.09 bits per heavy atom. The molecular formula is C23H19BrFN5O3. The van der Waals surface area contributed by atoms with Crippen molar-refractivity contribution in [2.24, 2.45) is 0 Å². The lowest BCUT2D eigenvalue weighted by molar-refractivity contribution is 0.0799. The summed E-state index contributed by atoms with van der Waals surface area (Å²) in [6.07, 6.45) is 0.494. The molecule has 1 unspecified atom stereocenters. The smallest absolute Gasteiger partial charge is 0.270 e. The van der Waals surface area contributed by atoms with E-state index in [1.165, 1.54) is 12.1 Å². The molecule has 2 aromatic heterocycles. The van der Waals surface area contributed by atoms with Crippen LogP contribution < -0.4 is 10.6 Å². The summed E-state index contributed by atoms with van der Waals surface area (Å²) in [6.45, 7) is -0.611. The predicted molar refractivity (Wildman–Crippen MR) is 126 cm³/mol. The zero-order chi connectivity index (χ0) is 23.4. The van der Waals surface area contributed by atoms with E-state index in [9.17, 15) is 14.3 Å². The van der Waals surface area contributed by atoms with Crippen LogP contribution in [-0.4, -0.2) is 50.3 Å². The summed E-state index contributed by atoms with van der Waals surface area (Å²) in [5.41, 5.74) is 2.27. The standard InChI is InChI=1S/C23H19BrFN5O3/c24-19-4-2-1-3-17(19)18-9-13-10-27-23(28-15-7-5-14(25)6-8-15)30-21(13)29-20(18)22(33)26-11-16(32)12-31/h1-10,16,31-32H,11-12H2,(H,26,33)(H,27,28,29,30). The van der Waals surface area contributed by atoms with Gasteiger partial charge in [0, 0.05) is 33.9 Å². The van der Waals surface area contributed by atoms with Gasteiger partial charge in [0.1, 0.15) is 11.5 Å². The molecule has 8 nitrogen and oxygen atoms in total. The third kappa shape index (κ3) is 5.30. The largest absolute Gasteiger partial charge is 0.394 e. The second kappa shape index (κ2) is 9.99. The third-order valence-electron chi connectivity index (χ3n) is 4.76. The van der Waals surface area contributed by atoms with Crippen LogP contribution in [0.3, 0.4) is 0 Å². The van der Waals surface area contributed by atoms with Crippen molar-refractivity contribution in [3.8, 4) is 11.1 Å². The lowest BCUT2D eigenvalue weighted by Gasteiger charge is -2.14. The minimum Gasteiger partial charge on any atom is -0.394 e. The molecule has 0 radical (unpaired) electrons. The first-order valence-corrected chi connectivity index (χ1v) is 10.8. The highest BCUT2D eigenvalue weighted by molar-refractivity contribution is 9.10. The summed E-state index contributed by atoms with van der Waals surface area (Å²) >= 11 is 3.51. The molecule has 4 N–H and O–H groups in total. The van der Waals surface area contributed by atoms with E-state index in [0.29, 0.717) is 16.6 Å². The summed E-state index contributed by atoms with van der Waals surface area (Å²) in [7, 11) is 0. The quantitative estimate of drug-likeness (QED) is 0.300. The number of anilines is 2.